The van der Waals surface area contributed by atoms with E-state index in [0.29, 0.717) is 6.54 Å². The first-order valence-electron chi connectivity index (χ1n) is 6.02. The van der Waals surface area contributed by atoms with Crippen molar-refractivity contribution in [2.24, 2.45) is 17.6 Å². The Morgan fingerprint density at radius 1 is 1.41 bits per heavy atom. The van der Waals surface area contributed by atoms with E-state index in [1.807, 2.05) is 13.8 Å². The van der Waals surface area contributed by atoms with Gasteiger partial charge < -0.3 is 20.9 Å². The van der Waals surface area contributed by atoms with Crippen LogP contribution in [-0.2, 0) is 4.74 Å². The van der Waals surface area contributed by atoms with Crippen LogP contribution in [0.25, 0.3) is 0 Å². The molecule has 5 nitrogen and oxygen atoms in total. The summed E-state index contributed by atoms with van der Waals surface area (Å²) < 4.78 is 5.12. The Kier molecular flexibility index (Phi) is 6.49. The van der Waals surface area contributed by atoms with Crippen LogP contribution in [-0.4, -0.2) is 36.0 Å². The second-order valence-corrected chi connectivity index (χ2v) is 5.59. The Morgan fingerprint density at radius 3 is 2.29 bits per heavy atom. The zero-order valence-corrected chi connectivity index (χ0v) is 11.5. The highest BCUT2D eigenvalue weighted by Crippen LogP contribution is 2.14. The molecule has 4 N–H and O–H groups in total. The number of aliphatic hydroxyl groups is 1. The highest BCUT2D eigenvalue weighted by Gasteiger charge is 2.23. The molecule has 0 spiro atoms. The summed E-state index contributed by atoms with van der Waals surface area (Å²) >= 11 is 0. The maximum atomic E-state index is 11.5. The van der Waals surface area contributed by atoms with Gasteiger partial charge in [0.15, 0.2) is 0 Å². The fraction of sp³-hybridized carbons (Fsp3) is 0.917. The van der Waals surface area contributed by atoms with Gasteiger partial charge in [-0.25, -0.2) is 4.79 Å². The number of hydrogen-bond donors (Lipinski definition) is 3. The SMILES string of the molecule is CC(C)C(CNC(=O)OC(C)(C)C)C(O)CN. The molecule has 0 bridgehead atoms. The van der Waals surface area contributed by atoms with Crippen LogP contribution in [0.2, 0.25) is 0 Å². The zero-order valence-electron chi connectivity index (χ0n) is 11.5. The molecule has 0 saturated heterocycles. The van der Waals surface area contributed by atoms with E-state index in [1.54, 1.807) is 20.8 Å². The summed E-state index contributed by atoms with van der Waals surface area (Å²) in [5, 5.41) is 12.4. The number of nitrogens with one attached hydrogen (secondary N) is 1. The van der Waals surface area contributed by atoms with E-state index in [9.17, 15) is 9.90 Å². The number of carbonyl (C=O) groups is 1. The van der Waals surface area contributed by atoms with Gasteiger partial charge in [-0.15, -0.1) is 0 Å². The summed E-state index contributed by atoms with van der Waals surface area (Å²) in [6.45, 7) is 9.95. The number of carbonyl (C=O) groups excluding carboxylic acids is 1. The zero-order chi connectivity index (χ0) is 13.6. The van der Waals surface area contributed by atoms with Crippen molar-refractivity contribution >= 4 is 6.09 Å². The molecule has 17 heavy (non-hydrogen) atoms. The number of aliphatic hydroxyl groups excluding tert-OH is 1. The standard InChI is InChI=1S/C12H26N2O3/c1-8(2)9(10(15)6-13)7-14-11(16)17-12(3,4)5/h8-10,15H,6-7,13H2,1-5H3,(H,14,16). The van der Waals surface area contributed by atoms with E-state index in [1.165, 1.54) is 0 Å². The van der Waals surface area contributed by atoms with E-state index in [2.05, 4.69) is 5.32 Å². The van der Waals surface area contributed by atoms with Gasteiger partial charge in [0.25, 0.3) is 0 Å². The van der Waals surface area contributed by atoms with Gasteiger partial charge in [-0.3, -0.25) is 0 Å². The maximum absolute atomic E-state index is 11.5. The van der Waals surface area contributed by atoms with Crippen LogP contribution in [0.4, 0.5) is 4.79 Å². The summed E-state index contributed by atoms with van der Waals surface area (Å²) in [7, 11) is 0. The number of nitrogens with two attached hydrogens (primary N) is 1. The lowest BCUT2D eigenvalue weighted by Gasteiger charge is -2.26. The van der Waals surface area contributed by atoms with Crippen LogP contribution in [0.1, 0.15) is 34.6 Å². The van der Waals surface area contributed by atoms with Gasteiger partial charge in [0.05, 0.1) is 6.10 Å². The molecule has 2 atom stereocenters. The van der Waals surface area contributed by atoms with Crippen molar-refractivity contribution in [2.45, 2.75) is 46.3 Å². The third-order valence-corrected chi connectivity index (χ3v) is 2.47. The monoisotopic (exact) mass is 246 g/mol. The molecule has 0 aromatic heterocycles. The van der Waals surface area contributed by atoms with E-state index >= 15 is 0 Å². The Balaban J connectivity index is 4.18. The lowest BCUT2D eigenvalue weighted by Crippen LogP contribution is -2.42. The molecule has 0 heterocycles. The summed E-state index contributed by atoms with van der Waals surface area (Å²) in [5.74, 6) is 0.177. The van der Waals surface area contributed by atoms with Crippen molar-refractivity contribution in [2.75, 3.05) is 13.1 Å². The normalized spacial score (nSPS) is 15.5. The average Bonchev–Trinajstić information content (AvgIpc) is 2.14. The van der Waals surface area contributed by atoms with Gasteiger partial charge in [0.2, 0.25) is 0 Å². The molecule has 0 aliphatic rings. The van der Waals surface area contributed by atoms with Crippen LogP contribution in [0.5, 0.6) is 0 Å². The lowest BCUT2D eigenvalue weighted by atomic mass is 9.90. The summed E-state index contributed by atoms with van der Waals surface area (Å²) in [4.78, 5) is 11.5. The minimum Gasteiger partial charge on any atom is -0.444 e. The molecular weight excluding hydrogens is 220 g/mol. The van der Waals surface area contributed by atoms with Crippen LogP contribution in [0.3, 0.4) is 0 Å². The molecular formula is C12H26N2O3. The second kappa shape index (κ2) is 6.81. The van der Waals surface area contributed by atoms with E-state index in [4.69, 9.17) is 10.5 Å². The molecule has 0 rings (SSSR count). The first-order chi connectivity index (χ1) is 7.67. The number of hydrogen-bond acceptors (Lipinski definition) is 4. The highest BCUT2D eigenvalue weighted by molar-refractivity contribution is 5.67. The Morgan fingerprint density at radius 2 is 1.94 bits per heavy atom. The molecule has 102 valence electrons. The van der Waals surface area contributed by atoms with Gasteiger partial charge in [0.1, 0.15) is 5.60 Å². The van der Waals surface area contributed by atoms with Crippen LogP contribution >= 0.6 is 0 Å². The topological polar surface area (TPSA) is 84.6 Å². The fourth-order valence-electron chi connectivity index (χ4n) is 1.51. The van der Waals surface area contributed by atoms with Crippen LogP contribution in [0, 0.1) is 11.8 Å². The first kappa shape index (κ1) is 16.2. The summed E-state index contributed by atoms with van der Waals surface area (Å²) in [6, 6.07) is 0. The molecule has 0 saturated carbocycles. The minimum atomic E-state index is -0.607. The summed E-state index contributed by atoms with van der Waals surface area (Å²) in [6.07, 6.45) is -1.07. The quantitative estimate of drug-likeness (QED) is 0.678. The predicted molar refractivity (Wildman–Crippen MR) is 67.6 cm³/mol. The van der Waals surface area contributed by atoms with E-state index in [-0.39, 0.29) is 18.4 Å². The molecule has 0 aromatic rings. The van der Waals surface area contributed by atoms with Crippen LogP contribution < -0.4 is 11.1 Å². The molecule has 2 unspecified atom stereocenters. The lowest BCUT2D eigenvalue weighted by molar-refractivity contribution is 0.0460. The number of alkyl carbamates (subject to hydrolysis) is 1. The maximum Gasteiger partial charge on any atom is 0.407 e. The van der Waals surface area contributed by atoms with Crippen molar-refractivity contribution in [3.63, 3.8) is 0 Å². The molecule has 5 heteroatoms. The van der Waals surface area contributed by atoms with Crippen molar-refractivity contribution in [3.8, 4) is 0 Å². The Bertz CT molecular complexity index is 236. The number of ether oxygens (including phenoxy) is 1. The molecule has 0 aliphatic carbocycles. The molecule has 1 amide bonds. The minimum absolute atomic E-state index is 0.0625. The van der Waals surface area contributed by atoms with E-state index < -0.39 is 17.8 Å². The van der Waals surface area contributed by atoms with Crippen molar-refractivity contribution < 1.29 is 14.6 Å². The van der Waals surface area contributed by atoms with Gasteiger partial charge in [0, 0.05) is 19.0 Å². The van der Waals surface area contributed by atoms with Crippen LogP contribution in [0.15, 0.2) is 0 Å². The van der Waals surface area contributed by atoms with Gasteiger partial charge in [-0.05, 0) is 26.7 Å². The molecule has 0 radical (unpaired) electrons. The predicted octanol–water partition coefficient (Wildman–Crippen LogP) is 1.10. The third-order valence-electron chi connectivity index (χ3n) is 2.47. The average molecular weight is 246 g/mol. The summed E-state index contributed by atoms with van der Waals surface area (Å²) in [5.41, 5.74) is 4.91. The van der Waals surface area contributed by atoms with Gasteiger partial charge in [-0.1, -0.05) is 13.8 Å². The van der Waals surface area contributed by atoms with Gasteiger partial charge >= 0.3 is 6.09 Å². The first-order valence-corrected chi connectivity index (χ1v) is 6.02. The Hall–Kier alpha value is -0.810. The molecule has 0 aromatic carbocycles. The van der Waals surface area contributed by atoms with Crippen molar-refractivity contribution in [1.82, 2.24) is 5.32 Å². The number of rotatable bonds is 5. The third kappa shape index (κ3) is 7.18. The Labute approximate surface area is 104 Å². The molecule has 0 fully saturated rings. The molecule has 0 aliphatic heterocycles. The number of amides is 1. The largest absolute Gasteiger partial charge is 0.444 e. The van der Waals surface area contributed by atoms with Gasteiger partial charge in [-0.2, -0.15) is 0 Å². The van der Waals surface area contributed by atoms with Crippen molar-refractivity contribution in [3.05, 3.63) is 0 Å². The second-order valence-electron chi connectivity index (χ2n) is 5.59. The fourth-order valence-corrected chi connectivity index (χ4v) is 1.51. The van der Waals surface area contributed by atoms with E-state index in [0.717, 1.165) is 0 Å². The smallest absolute Gasteiger partial charge is 0.407 e. The highest BCUT2D eigenvalue weighted by atomic mass is 16.6. The van der Waals surface area contributed by atoms with Crippen molar-refractivity contribution in [1.29, 1.82) is 0 Å².